The van der Waals surface area contributed by atoms with E-state index in [1.807, 2.05) is 24.3 Å². The molecule has 0 aliphatic carbocycles. The van der Waals surface area contributed by atoms with Crippen LogP contribution in [0.5, 0.6) is 0 Å². The van der Waals surface area contributed by atoms with Gasteiger partial charge < -0.3 is 14.5 Å². The predicted octanol–water partition coefficient (Wildman–Crippen LogP) is 2.66. The molecule has 1 aliphatic heterocycles. The lowest BCUT2D eigenvalue weighted by atomic mass is 10.1. The number of carbonyl (C=O) groups is 3. The van der Waals surface area contributed by atoms with Crippen LogP contribution in [0.2, 0.25) is 5.02 Å². The van der Waals surface area contributed by atoms with E-state index in [2.05, 4.69) is 4.90 Å². The molecule has 0 radical (unpaired) electrons. The number of benzene rings is 2. The number of amides is 1. The monoisotopic (exact) mass is 386 g/mol. The van der Waals surface area contributed by atoms with Crippen LogP contribution in [0.4, 0.5) is 5.69 Å². The normalized spacial score (nSPS) is 14.0. The topological polar surface area (TPSA) is 66.9 Å². The quantitative estimate of drug-likeness (QED) is 0.583. The maximum atomic E-state index is 12.3. The fourth-order valence-electron chi connectivity index (χ4n) is 2.89. The third kappa shape index (κ3) is 4.86. The third-order valence-corrected chi connectivity index (χ3v) is 4.65. The summed E-state index contributed by atoms with van der Waals surface area (Å²) < 4.78 is 5.09. The van der Waals surface area contributed by atoms with Gasteiger partial charge in [0.25, 0.3) is 5.91 Å². The molecule has 0 unspecified atom stereocenters. The van der Waals surface area contributed by atoms with Gasteiger partial charge in [0, 0.05) is 42.5 Å². The molecule has 1 fully saturated rings. The number of esters is 1. The first kappa shape index (κ1) is 18.9. The first-order chi connectivity index (χ1) is 13.1. The molecule has 1 saturated heterocycles. The molecule has 1 amide bonds. The van der Waals surface area contributed by atoms with Gasteiger partial charge in [0.15, 0.2) is 6.61 Å². The van der Waals surface area contributed by atoms with E-state index in [1.54, 1.807) is 4.90 Å². The van der Waals surface area contributed by atoms with Gasteiger partial charge in [0.2, 0.25) is 0 Å². The summed E-state index contributed by atoms with van der Waals surface area (Å²) in [5, 5.41) is 0.680. The SMILES string of the molecule is O=Cc1ccc(C(=O)OCC(=O)N2CCN(c3cccc(Cl)c3)CC2)cc1. The molecule has 0 saturated carbocycles. The van der Waals surface area contributed by atoms with Crippen molar-refractivity contribution in [2.24, 2.45) is 0 Å². The summed E-state index contributed by atoms with van der Waals surface area (Å²) in [6.45, 7) is 2.18. The summed E-state index contributed by atoms with van der Waals surface area (Å²) in [6, 6.07) is 13.7. The lowest BCUT2D eigenvalue weighted by Gasteiger charge is -2.36. The molecule has 27 heavy (non-hydrogen) atoms. The van der Waals surface area contributed by atoms with Crippen LogP contribution in [0.1, 0.15) is 20.7 Å². The minimum Gasteiger partial charge on any atom is -0.452 e. The molecule has 0 bridgehead atoms. The summed E-state index contributed by atoms with van der Waals surface area (Å²) in [4.78, 5) is 38.8. The molecule has 2 aromatic rings. The van der Waals surface area contributed by atoms with E-state index in [4.69, 9.17) is 16.3 Å². The van der Waals surface area contributed by atoms with Crippen molar-refractivity contribution < 1.29 is 19.1 Å². The molecule has 6 nitrogen and oxygen atoms in total. The van der Waals surface area contributed by atoms with Crippen molar-refractivity contribution in [1.82, 2.24) is 4.90 Å². The van der Waals surface area contributed by atoms with Gasteiger partial charge in [0.05, 0.1) is 5.56 Å². The van der Waals surface area contributed by atoms with E-state index >= 15 is 0 Å². The van der Waals surface area contributed by atoms with Crippen molar-refractivity contribution in [3.05, 3.63) is 64.7 Å². The highest BCUT2D eigenvalue weighted by Crippen LogP contribution is 2.20. The summed E-state index contributed by atoms with van der Waals surface area (Å²) >= 11 is 6.02. The van der Waals surface area contributed by atoms with E-state index in [0.717, 1.165) is 5.69 Å². The molecule has 0 aromatic heterocycles. The second-order valence-electron chi connectivity index (χ2n) is 6.16. The second kappa shape index (κ2) is 8.68. The van der Waals surface area contributed by atoms with Crippen LogP contribution >= 0.6 is 11.6 Å². The smallest absolute Gasteiger partial charge is 0.338 e. The minimum absolute atomic E-state index is 0.224. The number of nitrogens with zero attached hydrogens (tertiary/aromatic N) is 2. The van der Waals surface area contributed by atoms with Crippen molar-refractivity contribution in [2.45, 2.75) is 0 Å². The fraction of sp³-hybridized carbons (Fsp3) is 0.250. The summed E-state index contributed by atoms with van der Waals surface area (Å²) in [7, 11) is 0. The zero-order valence-electron chi connectivity index (χ0n) is 14.6. The molecule has 2 aromatic carbocycles. The van der Waals surface area contributed by atoms with Crippen LogP contribution in [-0.4, -0.2) is 55.8 Å². The van der Waals surface area contributed by atoms with Crippen molar-refractivity contribution in [3.8, 4) is 0 Å². The van der Waals surface area contributed by atoms with Crippen molar-refractivity contribution in [2.75, 3.05) is 37.7 Å². The van der Waals surface area contributed by atoms with Crippen molar-refractivity contribution in [1.29, 1.82) is 0 Å². The highest BCUT2D eigenvalue weighted by Gasteiger charge is 2.22. The number of anilines is 1. The molecular weight excluding hydrogens is 368 g/mol. The highest BCUT2D eigenvalue weighted by molar-refractivity contribution is 6.30. The number of rotatable bonds is 5. The largest absolute Gasteiger partial charge is 0.452 e. The predicted molar refractivity (Wildman–Crippen MR) is 102 cm³/mol. The van der Waals surface area contributed by atoms with Crippen LogP contribution in [0, 0.1) is 0 Å². The standard InChI is InChI=1S/C20H19ClN2O4/c21-17-2-1-3-18(12-17)22-8-10-23(11-9-22)19(25)14-27-20(26)16-6-4-15(13-24)5-7-16/h1-7,12-13H,8-11,14H2. The van der Waals surface area contributed by atoms with Crippen LogP contribution in [0.15, 0.2) is 48.5 Å². The molecule has 3 rings (SSSR count). The molecule has 1 heterocycles. The Balaban J connectivity index is 1.47. The summed E-state index contributed by atoms with van der Waals surface area (Å²) in [6.07, 6.45) is 0.696. The Labute approximate surface area is 162 Å². The first-order valence-corrected chi connectivity index (χ1v) is 8.95. The Hall–Kier alpha value is -2.86. The molecular formula is C20H19ClN2O4. The van der Waals surface area contributed by atoms with Crippen molar-refractivity contribution >= 4 is 35.5 Å². The van der Waals surface area contributed by atoms with Crippen LogP contribution in [0.25, 0.3) is 0 Å². The Morgan fingerprint density at radius 2 is 1.74 bits per heavy atom. The van der Waals surface area contributed by atoms with E-state index in [9.17, 15) is 14.4 Å². The van der Waals surface area contributed by atoms with Crippen LogP contribution in [-0.2, 0) is 9.53 Å². The number of piperazine rings is 1. The Morgan fingerprint density at radius 3 is 2.37 bits per heavy atom. The van der Waals surface area contributed by atoms with E-state index in [0.29, 0.717) is 48.6 Å². The van der Waals surface area contributed by atoms with Gasteiger partial charge in [-0.25, -0.2) is 4.79 Å². The lowest BCUT2D eigenvalue weighted by molar-refractivity contribution is -0.134. The average Bonchev–Trinajstić information content (AvgIpc) is 2.72. The van der Waals surface area contributed by atoms with Gasteiger partial charge in [-0.15, -0.1) is 0 Å². The molecule has 7 heteroatoms. The molecule has 0 spiro atoms. The van der Waals surface area contributed by atoms with Gasteiger partial charge >= 0.3 is 5.97 Å². The number of ether oxygens (including phenoxy) is 1. The fourth-order valence-corrected chi connectivity index (χ4v) is 3.07. The van der Waals surface area contributed by atoms with Gasteiger partial charge in [0.1, 0.15) is 6.29 Å². The highest BCUT2D eigenvalue weighted by atomic mass is 35.5. The molecule has 0 atom stereocenters. The summed E-state index contributed by atoms with van der Waals surface area (Å²) in [5.74, 6) is -0.808. The number of carbonyl (C=O) groups excluding carboxylic acids is 3. The van der Waals surface area contributed by atoms with Crippen LogP contribution < -0.4 is 4.90 Å². The number of aldehydes is 1. The van der Waals surface area contributed by atoms with E-state index < -0.39 is 5.97 Å². The van der Waals surface area contributed by atoms with Crippen LogP contribution in [0.3, 0.4) is 0 Å². The van der Waals surface area contributed by atoms with E-state index in [1.165, 1.54) is 24.3 Å². The Bertz CT molecular complexity index is 830. The van der Waals surface area contributed by atoms with Crippen molar-refractivity contribution in [3.63, 3.8) is 0 Å². The molecule has 140 valence electrons. The average molecular weight is 387 g/mol. The third-order valence-electron chi connectivity index (χ3n) is 4.41. The minimum atomic E-state index is -0.585. The van der Waals surface area contributed by atoms with Gasteiger partial charge in [-0.2, -0.15) is 0 Å². The zero-order valence-corrected chi connectivity index (χ0v) is 15.4. The van der Waals surface area contributed by atoms with E-state index in [-0.39, 0.29) is 12.5 Å². The number of hydrogen-bond donors (Lipinski definition) is 0. The molecule has 0 N–H and O–H groups in total. The van der Waals surface area contributed by atoms with Gasteiger partial charge in [-0.3, -0.25) is 9.59 Å². The zero-order chi connectivity index (χ0) is 19.2. The maximum Gasteiger partial charge on any atom is 0.338 e. The number of hydrogen-bond acceptors (Lipinski definition) is 5. The van der Waals surface area contributed by atoms with Gasteiger partial charge in [-0.1, -0.05) is 29.8 Å². The summed E-state index contributed by atoms with van der Waals surface area (Å²) in [5.41, 5.74) is 1.80. The first-order valence-electron chi connectivity index (χ1n) is 8.57. The maximum absolute atomic E-state index is 12.3. The Kier molecular flexibility index (Phi) is 6.08. The number of halogens is 1. The van der Waals surface area contributed by atoms with Gasteiger partial charge in [-0.05, 0) is 30.3 Å². The lowest BCUT2D eigenvalue weighted by Crippen LogP contribution is -2.49. The molecule has 1 aliphatic rings. The second-order valence-corrected chi connectivity index (χ2v) is 6.60. The Morgan fingerprint density at radius 1 is 1.04 bits per heavy atom.